The molecule has 2 heterocycles. The summed E-state index contributed by atoms with van der Waals surface area (Å²) in [6.07, 6.45) is 0. The van der Waals surface area contributed by atoms with Crippen molar-refractivity contribution in [2.45, 2.75) is 20.8 Å². The van der Waals surface area contributed by atoms with Crippen LogP contribution in [0.25, 0.3) is 0 Å². The fourth-order valence-corrected chi connectivity index (χ4v) is 2.34. The molecule has 1 aromatic rings. The van der Waals surface area contributed by atoms with Crippen molar-refractivity contribution in [1.82, 2.24) is 9.97 Å². The van der Waals surface area contributed by atoms with Gasteiger partial charge in [0.15, 0.2) is 0 Å². The number of aryl methyl sites for hydroxylation is 1. The fraction of sp³-hybridized carbons (Fsp3) is 0.615. The highest BCUT2D eigenvalue weighted by atomic mass is 16.5. The molecule has 6 heteroatoms. The molecule has 0 unspecified atom stereocenters. The Morgan fingerprint density at radius 2 is 2.26 bits per heavy atom. The molecule has 1 aromatic heterocycles. The highest BCUT2D eigenvalue weighted by Crippen LogP contribution is 2.27. The summed E-state index contributed by atoms with van der Waals surface area (Å²) in [4.78, 5) is 21.8. The van der Waals surface area contributed by atoms with Gasteiger partial charge in [-0.25, -0.2) is 4.98 Å². The summed E-state index contributed by atoms with van der Waals surface area (Å²) in [5.41, 5.74) is 0.819. The molecular formula is C13H19N3O3. The number of rotatable bonds is 4. The van der Waals surface area contributed by atoms with E-state index in [1.54, 1.807) is 6.07 Å². The van der Waals surface area contributed by atoms with Gasteiger partial charge in [0.2, 0.25) is 11.8 Å². The van der Waals surface area contributed by atoms with Gasteiger partial charge in [0.05, 0.1) is 12.5 Å². The third-order valence-corrected chi connectivity index (χ3v) is 3.32. The maximum Gasteiger partial charge on any atom is 0.308 e. The van der Waals surface area contributed by atoms with Crippen LogP contribution in [0.3, 0.4) is 0 Å². The monoisotopic (exact) mass is 265 g/mol. The number of hydrogen-bond donors (Lipinski definition) is 1. The zero-order chi connectivity index (χ0) is 14.0. The van der Waals surface area contributed by atoms with Gasteiger partial charge in [0.25, 0.3) is 0 Å². The highest BCUT2D eigenvalue weighted by molar-refractivity contribution is 5.72. The molecule has 1 aliphatic heterocycles. The van der Waals surface area contributed by atoms with Crippen LogP contribution in [-0.4, -0.2) is 40.7 Å². The van der Waals surface area contributed by atoms with Crippen molar-refractivity contribution >= 4 is 11.9 Å². The Balaban J connectivity index is 2.21. The van der Waals surface area contributed by atoms with E-state index in [9.17, 15) is 4.79 Å². The summed E-state index contributed by atoms with van der Waals surface area (Å²) in [6.45, 7) is 7.37. The predicted molar refractivity (Wildman–Crippen MR) is 70.4 cm³/mol. The molecule has 6 nitrogen and oxygen atoms in total. The van der Waals surface area contributed by atoms with Crippen LogP contribution in [-0.2, 0) is 4.79 Å². The fourth-order valence-electron chi connectivity index (χ4n) is 2.34. The van der Waals surface area contributed by atoms with E-state index in [1.165, 1.54) is 0 Å². The largest absolute Gasteiger partial charge is 0.481 e. The molecule has 0 aromatic carbocycles. The molecule has 19 heavy (non-hydrogen) atoms. The SMILES string of the molecule is CCOc1cc(C)nc(N2C[C@@H](C)[C@H](C(=O)O)C2)n1. The lowest BCUT2D eigenvalue weighted by molar-refractivity contribution is -0.142. The Morgan fingerprint density at radius 3 is 2.84 bits per heavy atom. The van der Waals surface area contributed by atoms with Crippen LogP contribution in [0, 0.1) is 18.8 Å². The molecular weight excluding hydrogens is 246 g/mol. The summed E-state index contributed by atoms with van der Waals surface area (Å²) in [6, 6.07) is 1.78. The first kappa shape index (κ1) is 13.6. The smallest absolute Gasteiger partial charge is 0.308 e. The number of carbonyl (C=O) groups is 1. The van der Waals surface area contributed by atoms with Crippen LogP contribution in [0.2, 0.25) is 0 Å². The number of aliphatic carboxylic acids is 1. The van der Waals surface area contributed by atoms with Crippen LogP contribution in [0.1, 0.15) is 19.5 Å². The van der Waals surface area contributed by atoms with Gasteiger partial charge in [-0.15, -0.1) is 0 Å². The molecule has 1 fully saturated rings. The summed E-state index contributed by atoms with van der Waals surface area (Å²) in [5.74, 6) is 0.0694. The first-order valence-electron chi connectivity index (χ1n) is 6.47. The second kappa shape index (κ2) is 5.42. The maximum absolute atomic E-state index is 11.1. The van der Waals surface area contributed by atoms with Gasteiger partial charge in [-0.05, 0) is 19.8 Å². The number of nitrogens with zero attached hydrogens (tertiary/aromatic N) is 3. The normalized spacial score (nSPS) is 22.6. The molecule has 0 bridgehead atoms. The first-order chi connectivity index (χ1) is 9.01. The van der Waals surface area contributed by atoms with Crippen LogP contribution in [0.4, 0.5) is 5.95 Å². The summed E-state index contributed by atoms with van der Waals surface area (Å²) in [7, 11) is 0. The van der Waals surface area contributed by atoms with Gasteiger partial charge >= 0.3 is 5.97 Å². The van der Waals surface area contributed by atoms with Crippen LogP contribution in [0.15, 0.2) is 6.07 Å². The zero-order valence-corrected chi connectivity index (χ0v) is 11.5. The number of aromatic nitrogens is 2. The Morgan fingerprint density at radius 1 is 1.53 bits per heavy atom. The van der Waals surface area contributed by atoms with Gasteiger partial charge < -0.3 is 14.7 Å². The number of carboxylic acid groups (broad SMARTS) is 1. The molecule has 0 amide bonds. The summed E-state index contributed by atoms with van der Waals surface area (Å²) >= 11 is 0. The molecule has 0 aliphatic carbocycles. The van der Waals surface area contributed by atoms with E-state index in [0.29, 0.717) is 31.5 Å². The third kappa shape index (κ3) is 2.94. The van der Waals surface area contributed by atoms with Crippen molar-refractivity contribution in [3.05, 3.63) is 11.8 Å². The lowest BCUT2D eigenvalue weighted by atomic mass is 9.99. The summed E-state index contributed by atoms with van der Waals surface area (Å²) in [5, 5.41) is 9.15. The minimum absolute atomic E-state index is 0.0946. The molecule has 2 atom stereocenters. The Labute approximate surface area is 112 Å². The molecule has 1 N–H and O–H groups in total. The van der Waals surface area contributed by atoms with Crippen molar-refractivity contribution in [2.75, 3.05) is 24.6 Å². The Kier molecular flexibility index (Phi) is 3.87. The predicted octanol–water partition coefficient (Wildman–Crippen LogP) is 1.34. The minimum Gasteiger partial charge on any atom is -0.481 e. The summed E-state index contributed by atoms with van der Waals surface area (Å²) < 4.78 is 5.39. The number of carboxylic acids is 1. The molecule has 0 saturated carbocycles. The number of hydrogen-bond acceptors (Lipinski definition) is 5. The Hall–Kier alpha value is -1.85. The van der Waals surface area contributed by atoms with Gasteiger partial charge in [-0.3, -0.25) is 4.79 Å². The standard InChI is InChI=1S/C13H19N3O3/c1-4-19-11-5-9(3)14-13(15-11)16-6-8(2)10(7-16)12(17)18/h5,8,10H,4,6-7H2,1-3H3,(H,17,18)/t8-,10-/m1/s1. The van der Waals surface area contributed by atoms with E-state index < -0.39 is 5.97 Å². The van der Waals surface area contributed by atoms with E-state index in [0.717, 1.165) is 5.69 Å². The average molecular weight is 265 g/mol. The van der Waals surface area contributed by atoms with Crippen molar-refractivity contribution < 1.29 is 14.6 Å². The lowest BCUT2D eigenvalue weighted by Gasteiger charge is -2.17. The molecule has 0 spiro atoms. The molecule has 1 aliphatic rings. The van der Waals surface area contributed by atoms with Crippen molar-refractivity contribution in [3.63, 3.8) is 0 Å². The van der Waals surface area contributed by atoms with Gasteiger partial charge in [-0.1, -0.05) is 6.92 Å². The second-order valence-electron chi connectivity index (χ2n) is 4.91. The average Bonchev–Trinajstić information content (AvgIpc) is 2.71. The van der Waals surface area contributed by atoms with Crippen LogP contribution in [0.5, 0.6) is 5.88 Å². The minimum atomic E-state index is -0.757. The molecule has 104 valence electrons. The van der Waals surface area contributed by atoms with Gasteiger partial charge in [0.1, 0.15) is 0 Å². The van der Waals surface area contributed by atoms with E-state index in [-0.39, 0.29) is 11.8 Å². The molecule has 1 saturated heterocycles. The topological polar surface area (TPSA) is 75.5 Å². The Bertz CT molecular complexity index is 478. The van der Waals surface area contributed by atoms with E-state index in [4.69, 9.17) is 9.84 Å². The van der Waals surface area contributed by atoms with Crippen molar-refractivity contribution in [1.29, 1.82) is 0 Å². The lowest BCUT2D eigenvalue weighted by Crippen LogP contribution is -2.24. The highest BCUT2D eigenvalue weighted by Gasteiger charge is 2.36. The first-order valence-corrected chi connectivity index (χ1v) is 6.47. The second-order valence-corrected chi connectivity index (χ2v) is 4.91. The molecule has 0 radical (unpaired) electrons. The van der Waals surface area contributed by atoms with Gasteiger partial charge in [0, 0.05) is 24.8 Å². The number of ether oxygens (including phenoxy) is 1. The third-order valence-electron chi connectivity index (χ3n) is 3.32. The van der Waals surface area contributed by atoms with Crippen molar-refractivity contribution in [2.24, 2.45) is 11.8 Å². The van der Waals surface area contributed by atoms with E-state index in [2.05, 4.69) is 9.97 Å². The maximum atomic E-state index is 11.1. The van der Waals surface area contributed by atoms with Crippen LogP contribution < -0.4 is 9.64 Å². The van der Waals surface area contributed by atoms with Gasteiger partial charge in [-0.2, -0.15) is 4.98 Å². The van der Waals surface area contributed by atoms with Crippen molar-refractivity contribution in [3.8, 4) is 5.88 Å². The molecule has 2 rings (SSSR count). The zero-order valence-electron chi connectivity index (χ0n) is 11.5. The van der Waals surface area contributed by atoms with E-state index in [1.807, 2.05) is 25.7 Å². The van der Waals surface area contributed by atoms with E-state index >= 15 is 0 Å². The number of anilines is 1. The van der Waals surface area contributed by atoms with Crippen LogP contribution >= 0.6 is 0 Å². The quantitative estimate of drug-likeness (QED) is 0.885.